The molecule has 0 aliphatic heterocycles. The molecule has 0 saturated carbocycles. The second kappa shape index (κ2) is 8.95. The highest BCUT2D eigenvalue weighted by Crippen LogP contribution is 2.34. The molecule has 4 heteroatoms. The fraction of sp³-hybridized carbons (Fsp3) is 0.857. The largest absolute Gasteiger partial charge is 0.465 e. The van der Waals surface area contributed by atoms with Gasteiger partial charge in [0.2, 0.25) is 0 Å². The molecule has 0 spiro atoms. The van der Waals surface area contributed by atoms with Gasteiger partial charge in [-0.2, -0.15) is 0 Å². The quantitative estimate of drug-likeness (QED) is 0.471. The maximum Gasteiger partial charge on any atom is 0.323 e. The summed E-state index contributed by atoms with van der Waals surface area (Å²) in [6.07, 6.45) is 3.50. The lowest BCUT2D eigenvalue weighted by Gasteiger charge is -2.28. The molecular formula is C14H26O4. The van der Waals surface area contributed by atoms with Crippen molar-refractivity contribution in [3.8, 4) is 0 Å². The average molecular weight is 258 g/mol. The molecule has 0 saturated heterocycles. The molecule has 0 bridgehead atoms. The lowest BCUT2D eigenvalue weighted by atomic mass is 9.78. The van der Waals surface area contributed by atoms with Crippen molar-refractivity contribution in [1.82, 2.24) is 0 Å². The highest BCUT2D eigenvalue weighted by molar-refractivity contribution is 6.00. The number of ether oxygens (including phenoxy) is 2. The second-order valence-corrected chi connectivity index (χ2v) is 4.38. The number of hydrogen-bond donors (Lipinski definition) is 0. The van der Waals surface area contributed by atoms with Gasteiger partial charge in [-0.1, -0.05) is 33.1 Å². The maximum absolute atomic E-state index is 12.2. The van der Waals surface area contributed by atoms with Crippen LogP contribution >= 0.6 is 0 Å². The first kappa shape index (κ1) is 16.9. The summed E-state index contributed by atoms with van der Waals surface area (Å²) in [6, 6.07) is 0. The normalized spacial score (nSPS) is 11.1. The van der Waals surface area contributed by atoms with Gasteiger partial charge in [0.05, 0.1) is 13.2 Å². The number of esters is 2. The predicted octanol–water partition coefficient (Wildman–Crippen LogP) is 3.09. The summed E-state index contributed by atoms with van der Waals surface area (Å²) < 4.78 is 10.2. The molecule has 0 atom stereocenters. The van der Waals surface area contributed by atoms with Crippen molar-refractivity contribution in [2.45, 2.75) is 59.8 Å². The van der Waals surface area contributed by atoms with E-state index >= 15 is 0 Å². The van der Waals surface area contributed by atoms with E-state index in [-0.39, 0.29) is 13.2 Å². The Morgan fingerprint density at radius 2 is 1.33 bits per heavy atom. The summed E-state index contributed by atoms with van der Waals surface area (Å²) in [7, 11) is 0. The summed E-state index contributed by atoms with van der Waals surface area (Å²) in [5.74, 6) is -0.863. The van der Waals surface area contributed by atoms with Crippen LogP contribution in [0, 0.1) is 5.41 Å². The molecule has 0 unspecified atom stereocenters. The molecule has 106 valence electrons. The molecule has 0 heterocycles. The van der Waals surface area contributed by atoms with Crippen LogP contribution in [0.2, 0.25) is 0 Å². The highest BCUT2D eigenvalue weighted by Gasteiger charge is 2.47. The van der Waals surface area contributed by atoms with Crippen molar-refractivity contribution >= 4 is 11.9 Å². The summed E-state index contributed by atoms with van der Waals surface area (Å²) in [5.41, 5.74) is -1.10. The number of unbranched alkanes of at least 4 members (excludes halogenated alkanes) is 1. The molecule has 0 aromatic carbocycles. The molecule has 0 aromatic rings. The first-order chi connectivity index (χ1) is 8.58. The van der Waals surface area contributed by atoms with Gasteiger partial charge in [0.15, 0.2) is 5.41 Å². The van der Waals surface area contributed by atoms with Gasteiger partial charge >= 0.3 is 11.9 Å². The molecule has 0 aromatic heterocycles. The monoisotopic (exact) mass is 258 g/mol. The molecule has 4 nitrogen and oxygen atoms in total. The van der Waals surface area contributed by atoms with Crippen LogP contribution in [0.15, 0.2) is 0 Å². The highest BCUT2D eigenvalue weighted by atomic mass is 16.6. The number of rotatable bonds is 9. The Kier molecular flexibility index (Phi) is 8.42. The summed E-state index contributed by atoms with van der Waals surface area (Å²) in [6.45, 7) is 8.07. The fourth-order valence-electron chi connectivity index (χ4n) is 2.06. The third-order valence-corrected chi connectivity index (χ3v) is 2.97. The van der Waals surface area contributed by atoms with E-state index in [1.165, 1.54) is 0 Å². The minimum Gasteiger partial charge on any atom is -0.465 e. The molecule has 0 amide bonds. The number of carbonyl (C=O) groups is 2. The Hall–Kier alpha value is -1.06. The lowest BCUT2D eigenvalue weighted by molar-refractivity contribution is -0.173. The Morgan fingerprint density at radius 1 is 0.833 bits per heavy atom. The van der Waals surface area contributed by atoms with Gasteiger partial charge in [-0.15, -0.1) is 0 Å². The Balaban J connectivity index is 5.12. The Morgan fingerprint density at radius 3 is 1.67 bits per heavy atom. The number of carbonyl (C=O) groups excluding carboxylic acids is 2. The van der Waals surface area contributed by atoms with Gasteiger partial charge in [-0.05, 0) is 26.7 Å². The van der Waals surface area contributed by atoms with E-state index in [1.54, 1.807) is 13.8 Å². The van der Waals surface area contributed by atoms with E-state index in [1.807, 2.05) is 13.8 Å². The van der Waals surface area contributed by atoms with Crippen LogP contribution in [0.4, 0.5) is 0 Å². The van der Waals surface area contributed by atoms with Crippen LogP contribution in [0.1, 0.15) is 59.8 Å². The fourth-order valence-corrected chi connectivity index (χ4v) is 2.06. The molecule has 0 rings (SSSR count). The SMILES string of the molecule is CCCCC(CCC)(C(=O)OCC)C(=O)OCC. The average Bonchev–Trinajstić information content (AvgIpc) is 2.35. The van der Waals surface area contributed by atoms with E-state index in [0.717, 1.165) is 19.3 Å². The van der Waals surface area contributed by atoms with Crippen molar-refractivity contribution < 1.29 is 19.1 Å². The third kappa shape index (κ3) is 4.31. The number of hydrogen-bond acceptors (Lipinski definition) is 4. The minimum atomic E-state index is -1.10. The lowest BCUT2D eigenvalue weighted by Crippen LogP contribution is -2.42. The van der Waals surface area contributed by atoms with Crippen LogP contribution < -0.4 is 0 Å². The Labute approximate surface area is 110 Å². The van der Waals surface area contributed by atoms with Gasteiger partial charge in [-0.3, -0.25) is 9.59 Å². The summed E-state index contributed by atoms with van der Waals surface area (Å²) in [4.78, 5) is 24.3. The molecule has 0 aliphatic rings. The van der Waals surface area contributed by atoms with E-state index < -0.39 is 17.4 Å². The van der Waals surface area contributed by atoms with Gasteiger partial charge < -0.3 is 9.47 Å². The van der Waals surface area contributed by atoms with Gasteiger partial charge in [0, 0.05) is 0 Å². The molecular weight excluding hydrogens is 232 g/mol. The zero-order chi connectivity index (χ0) is 14.0. The smallest absolute Gasteiger partial charge is 0.323 e. The van der Waals surface area contributed by atoms with Gasteiger partial charge in [0.25, 0.3) is 0 Å². The van der Waals surface area contributed by atoms with Crippen LogP contribution in [0.5, 0.6) is 0 Å². The van der Waals surface area contributed by atoms with Crippen LogP contribution in [0.25, 0.3) is 0 Å². The zero-order valence-corrected chi connectivity index (χ0v) is 12.1. The molecule has 0 fully saturated rings. The van der Waals surface area contributed by atoms with Crippen LogP contribution in [-0.2, 0) is 19.1 Å². The van der Waals surface area contributed by atoms with Crippen LogP contribution in [0.3, 0.4) is 0 Å². The second-order valence-electron chi connectivity index (χ2n) is 4.38. The molecule has 0 N–H and O–H groups in total. The molecule has 0 aliphatic carbocycles. The van der Waals surface area contributed by atoms with E-state index in [0.29, 0.717) is 12.8 Å². The van der Waals surface area contributed by atoms with Crippen molar-refractivity contribution in [2.24, 2.45) is 5.41 Å². The van der Waals surface area contributed by atoms with Crippen LogP contribution in [-0.4, -0.2) is 25.2 Å². The summed E-state index contributed by atoms with van der Waals surface area (Å²) >= 11 is 0. The standard InChI is InChI=1S/C14H26O4/c1-5-9-11-14(10-6-2,12(15)17-7-3)13(16)18-8-4/h5-11H2,1-4H3. The van der Waals surface area contributed by atoms with Gasteiger partial charge in [0.1, 0.15) is 0 Å². The maximum atomic E-state index is 12.2. The first-order valence-corrected chi connectivity index (χ1v) is 6.93. The third-order valence-electron chi connectivity index (χ3n) is 2.97. The van der Waals surface area contributed by atoms with Crippen molar-refractivity contribution in [3.63, 3.8) is 0 Å². The molecule has 18 heavy (non-hydrogen) atoms. The topological polar surface area (TPSA) is 52.6 Å². The predicted molar refractivity (Wildman–Crippen MR) is 70.1 cm³/mol. The van der Waals surface area contributed by atoms with Crippen molar-refractivity contribution in [2.75, 3.05) is 13.2 Å². The first-order valence-electron chi connectivity index (χ1n) is 6.93. The van der Waals surface area contributed by atoms with Crippen molar-refractivity contribution in [3.05, 3.63) is 0 Å². The minimum absolute atomic E-state index is 0.288. The summed E-state index contributed by atoms with van der Waals surface area (Å²) in [5, 5.41) is 0. The zero-order valence-electron chi connectivity index (χ0n) is 12.1. The van der Waals surface area contributed by atoms with Gasteiger partial charge in [-0.25, -0.2) is 0 Å². The molecule has 0 radical (unpaired) electrons. The van der Waals surface area contributed by atoms with E-state index in [9.17, 15) is 9.59 Å². The van der Waals surface area contributed by atoms with E-state index in [2.05, 4.69) is 0 Å². The van der Waals surface area contributed by atoms with Crippen molar-refractivity contribution in [1.29, 1.82) is 0 Å². The Bertz CT molecular complexity index is 243. The van der Waals surface area contributed by atoms with E-state index in [4.69, 9.17) is 9.47 Å².